The summed E-state index contributed by atoms with van der Waals surface area (Å²) < 4.78 is 4.45. The molecular formula is C10H19NO3. The van der Waals surface area contributed by atoms with E-state index in [2.05, 4.69) is 10.1 Å². The normalized spacial score (nSPS) is 12.4. The van der Waals surface area contributed by atoms with Gasteiger partial charge in [0.25, 0.3) is 0 Å². The first-order valence-corrected chi connectivity index (χ1v) is 4.88. The highest BCUT2D eigenvalue weighted by molar-refractivity contribution is 5.87. The van der Waals surface area contributed by atoms with Gasteiger partial charge in [-0.1, -0.05) is 20.8 Å². The molecule has 0 aliphatic heterocycles. The molecule has 14 heavy (non-hydrogen) atoms. The van der Waals surface area contributed by atoms with Crippen LogP contribution in [0.3, 0.4) is 0 Å². The third-order valence-corrected chi connectivity index (χ3v) is 1.92. The fourth-order valence-electron chi connectivity index (χ4n) is 1.19. The summed E-state index contributed by atoms with van der Waals surface area (Å²) in [5, 5.41) is 2.54. The lowest BCUT2D eigenvalue weighted by molar-refractivity contribution is -0.121. The third kappa shape index (κ3) is 4.84. The van der Waals surface area contributed by atoms with Gasteiger partial charge in [-0.2, -0.15) is 0 Å². The molecule has 1 atom stereocenters. The Labute approximate surface area is 85.0 Å². The molecule has 82 valence electrons. The first-order valence-electron chi connectivity index (χ1n) is 4.88. The van der Waals surface area contributed by atoms with Crippen LogP contribution in [-0.4, -0.2) is 25.0 Å². The van der Waals surface area contributed by atoms with Gasteiger partial charge < -0.3 is 10.1 Å². The van der Waals surface area contributed by atoms with Crippen LogP contribution in [0.1, 0.15) is 33.6 Å². The van der Waals surface area contributed by atoms with Crippen LogP contribution in [-0.2, 0) is 9.53 Å². The highest BCUT2D eigenvalue weighted by atomic mass is 16.5. The maximum absolute atomic E-state index is 11.4. The molecule has 0 rings (SSSR count). The van der Waals surface area contributed by atoms with Crippen molar-refractivity contribution in [2.45, 2.75) is 39.7 Å². The van der Waals surface area contributed by atoms with Crippen molar-refractivity contribution in [3.05, 3.63) is 0 Å². The van der Waals surface area contributed by atoms with E-state index in [1.165, 1.54) is 7.11 Å². The molecule has 0 aliphatic carbocycles. The molecular weight excluding hydrogens is 182 g/mol. The number of amides is 1. The van der Waals surface area contributed by atoms with Crippen molar-refractivity contribution < 1.29 is 14.3 Å². The van der Waals surface area contributed by atoms with Crippen LogP contribution < -0.4 is 5.32 Å². The highest BCUT2D eigenvalue weighted by Gasteiger charge is 2.20. The van der Waals surface area contributed by atoms with E-state index in [1.807, 2.05) is 13.8 Å². The molecule has 0 saturated carbocycles. The van der Waals surface area contributed by atoms with E-state index in [0.717, 1.165) is 0 Å². The Morgan fingerprint density at radius 3 is 2.29 bits per heavy atom. The Balaban J connectivity index is 4.24. The fraction of sp³-hybridized carbons (Fsp3) is 0.800. The number of ketones is 1. The van der Waals surface area contributed by atoms with Crippen molar-refractivity contribution in [2.24, 2.45) is 5.92 Å². The van der Waals surface area contributed by atoms with E-state index in [0.29, 0.717) is 18.8 Å². The molecule has 0 spiro atoms. The largest absolute Gasteiger partial charge is 0.453 e. The average Bonchev–Trinajstić information content (AvgIpc) is 2.14. The zero-order chi connectivity index (χ0) is 11.1. The Morgan fingerprint density at radius 1 is 1.36 bits per heavy atom. The SMILES string of the molecule is CCC(=O)[C@H](CC(C)C)NC(=O)OC. The number of carbonyl (C=O) groups is 2. The number of alkyl carbamates (subject to hydrolysis) is 1. The highest BCUT2D eigenvalue weighted by Crippen LogP contribution is 2.07. The molecule has 0 heterocycles. The van der Waals surface area contributed by atoms with Gasteiger partial charge in [0.05, 0.1) is 13.2 Å². The van der Waals surface area contributed by atoms with Gasteiger partial charge in [0.1, 0.15) is 0 Å². The summed E-state index contributed by atoms with van der Waals surface area (Å²) in [5.74, 6) is 0.414. The number of methoxy groups -OCH3 is 1. The molecule has 0 unspecified atom stereocenters. The monoisotopic (exact) mass is 201 g/mol. The molecule has 0 aliphatic rings. The van der Waals surface area contributed by atoms with Crippen LogP contribution in [0.25, 0.3) is 0 Å². The van der Waals surface area contributed by atoms with Crippen molar-refractivity contribution in [3.8, 4) is 0 Å². The second kappa shape index (κ2) is 6.40. The molecule has 0 bridgehead atoms. The number of hydrogen-bond acceptors (Lipinski definition) is 3. The molecule has 1 N–H and O–H groups in total. The van der Waals surface area contributed by atoms with Crippen LogP contribution in [0.15, 0.2) is 0 Å². The molecule has 0 aromatic carbocycles. The van der Waals surface area contributed by atoms with Gasteiger partial charge in [-0.15, -0.1) is 0 Å². The maximum atomic E-state index is 11.4. The van der Waals surface area contributed by atoms with E-state index in [9.17, 15) is 9.59 Å². The van der Waals surface area contributed by atoms with Crippen molar-refractivity contribution >= 4 is 11.9 Å². The van der Waals surface area contributed by atoms with E-state index in [1.54, 1.807) is 6.92 Å². The van der Waals surface area contributed by atoms with Gasteiger partial charge in [0.15, 0.2) is 5.78 Å². The number of rotatable bonds is 5. The van der Waals surface area contributed by atoms with Crippen molar-refractivity contribution in [2.75, 3.05) is 7.11 Å². The van der Waals surface area contributed by atoms with Crippen molar-refractivity contribution in [1.82, 2.24) is 5.32 Å². The van der Waals surface area contributed by atoms with E-state index < -0.39 is 12.1 Å². The predicted molar refractivity (Wildman–Crippen MR) is 54.1 cm³/mol. The van der Waals surface area contributed by atoms with Gasteiger partial charge in [0.2, 0.25) is 0 Å². The summed E-state index contributed by atoms with van der Waals surface area (Å²) >= 11 is 0. The topological polar surface area (TPSA) is 55.4 Å². The average molecular weight is 201 g/mol. The summed E-state index contributed by atoms with van der Waals surface area (Å²) in [5.41, 5.74) is 0. The first kappa shape index (κ1) is 12.9. The number of Topliss-reactive ketones (excluding diaryl/α,β-unsaturated/α-hetero) is 1. The second-order valence-corrected chi connectivity index (χ2v) is 3.64. The lowest BCUT2D eigenvalue weighted by Gasteiger charge is -2.17. The zero-order valence-electron chi connectivity index (χ0n) is 9.29. The number of hydrogen-bond donors (Lipinski definition) is 1. The first-order chi connectivity index (χ1) is 6.51. The van der Waals surface area contributed by atoms with Crippen LogP contribution in [0.2, 0.25) is 0 Å². The molecule has 0 radical (unpaired) electrons. The minimum atomic E-state index is -0.544. The molecule has 4 heteroatoms. The second-order valence-electron chi connectivity index (χ2n) is 3.64. The van der Waals surface area contributed by atoms with Crippen molar-refractivity contribution in [1.29, 1.82) is 0 Å². The smallest absolute Gasteiger partial charge is 0.407 e. The lowest BCUT2D eigenvalue weighted by atomic mass is 9.99. The summed E-state index contributed by atoms with van der Waals surface area (Å²) in [6, 6.07) is -0.410. The minimum absolute atomic E-state index is 0.0455. The predicted octanol–water partition coefficient (Wildman–Crippen LogP) is 1.74. The number of carbonyl (C=O) groups excluding carboxylic acids is 2. The molecule has 0 aromatic heterocycles. The lowest BCUT2D eigenvalue weighted by Crippen LogP contribution is -2.41. The van der Waals surface area contributed by atoms with Crippen molar-refractivity contribution in [3.63, 3.8) is 0 Å². The maximum Gasteiger partial charge on any atom is 0.407 e. The summed E-state index contributed by atoms with van der Waals surface area (Å²) in [4.78, 5) is 22.4. The quantitative estimate of drug-likeness (QED) is 0.737. The van der Waals surface area contributed by atoms with Gasteiger partial charge in [0, 0.05) is 6.42 Å². The number of nitrogens with one attached hydrogen (secondary N) is 1. The molecule has 1 amide bonds. The van der Waals surface area contributed by atoms with Crippen LogP contribution in [0.4, 0.5) is 4.79 Å². The van der Waals surface area contributed by atoms with Crippen LogP contribution >= 0.6 is 0 Å². The van der Waals surface area contributed by atoms with Gasteiger partial charge in [-0.25, -0.2) is 4.79 Å². The molecule has 0 fully saturated rings. The third-order valence-electron chi connectivity index (χ3n) is 1.92. The van der Waals surface area contributed by atoms with E-state index in [-0.39, 0.29) is 5.78 Å². The summed E-state index contributed by atoms with van der Waals surface area (Å²) in [7, 11) is 1.29. The summed E-state index contributed by atoms with van der Waals surface area (Å²) in [6.45, 7) is 5.80. The minimum Gasteiger partial charge on any atom is -0.453 e. The Bertz CT molecular complexity index is 202. The van der Waals surface area contributed by atoms with Gasteiger partial charge in [-0.3, -0.25) is 4.79 Å². The van der Waals surface area contributed by atoms with Crippen LogP contribution in [0, 0.1) is 5.92 Å². The molecule has 0 saturated heterocycles. The fourth-order valence-corrected chi connectivity index (χ4v) is 1.19. The van der Waals surface area contributed by atoms with E-state index >= 15 is 0 Å². The standard InChI is InChI=1S/C10H19NO3/c1-5-9(12)8(6-7(2)3)11-10(13)14-4/h7-8H,5-6H2,1-4H3,(H,11,13)/t8-/m0/s1. The Hall–Kier alpha value is -1.06. The molecule has 4 nitrogen and oxygen atoms in total. The van der Waals surface area contributed by atoms with Gasteiger partial charge >= 0.3 is 6.09 Å². The Kier molecular flexibility index (Phi) is 5.92. The number of ether oxygens (including phenoxy) is 1. The molecule has 0 aromatic rings. The summed E-state index contributed by atoms with van der Waals surface area (Å²) in [6.07, 6.45) is 0.542. The Morgan fingerprint density at radius 2 is 1.93 bits per heavy atom. The zero-order valence-corrected chi connectivity index (χ0v) is 9.29. The van der Waals surface area contributed by atoms with Gasteiger partial charge in [-0.05, 0) is 12.3 Å². The van der Waals surface area contributed by atoms with Crippen LogP contribution in [0.5, 0.6) is 0 Å². The van der Waals surface area contributed by atoms with E-state index in [4.69, 9.17) is 0 Å².